The van der Waals surface area contributed by atoms with Gasteiger partial charge in [0.2, 0.25) is 5.76 Å². The van der Waals surface area contributed by atoms with Crippen LogP contribution in [0.2, 0.25) is 5.02 Å². The fourth-order valence-corrected chi connectivity index (χ4v) is 3.74. The third kappa shape index (κ3) is 3.92. The predicted molar refractivity (Wildman–Crippen MR) is 101 cm³/mol. The lowest BCUT2D eigenvalue weighted by molar-refractivity contribution is 0.0663. The summed E-state index contributed by atoms with van der Waals surface area (Å²) >= 11 is 9.24. The van der Waals surface area contributed by atoms with E-state index in [0.717, 1.165) is 4.47 Å². The van der Waals surface area contributed by atoms with Crippen LogP contribution in [0.3, 0.4) is 0 Å². The summed E-state index contributed by atoms with van der Waals surface area (Å²) in [4.78, 5) is 11.1. The van der Waals surface area contributed by atoms with Crippen LogP contribution in [0.1, 0.15) is 10.6 Å². The van der Waals surface area contributed by atoms with Crippen molar-refractivity contribution >= 4 is 49.2 Å². The maximum absolute atomic E-state index is 12.6. The molecule has 0 bridgehead atoms. The number of halogens is 2. The molecule has 0 fully saturated rings. The van der Waals surface area contributed by atoms with Crippen LogP contribution in [0.15, 0.2) is 68.4 Å². The highest BCUT2D eigenvalue weighted by Gasteiger charge is 2.19. The van der Waals surface area contributed by atoms with E-state index in [2.05, 4.69) is 20.7 Å². The summed E-state index contributed by atoms with van der Waals surface area (Å²) < 4.78 is 33.7. The van der Waals surface area contributed by atoms with E-state index >= 15 is 0 Å². The predicted octanol–water partition coefficient (Wildman–Crippen LogP) is 4.86. The van der Waals surface area contributed by atoms with Gasteiger partial charge in [0.25, 0.3) is 10.0 Å². The Hall–Kier alpha value is -2.29. The molecule has 0 aliphatic heterocycles. The first-order valence-electron chi connectivity index (χ1n) is 7.18. The van der Waals surface area contributed by atoms with E-state index in [9.17, 15) is 13.2 Å². The molecule has 134 valence electrons. The van der Waals surface area contributed by atoms with E-state index in [0.29, 0.717) is 10.6 Å². The quantitative estimate of drug-likeness (QED) is 0.571. The minimum Gasteiger partial charge on any atom is -0.475 e. The highest BCUT2D eigenvalue weighted by atomic mass is 79.9. The van der Waals surface area contributed by atoms with E-state index in [-0.39, 0.29) is 22.1 Å². The van der Waals surface area contributed by atoms with Crippen molar-refractivity contribution in [2.75, 3.05) is 4.72 Å². The Morgan fingerprint density at radius 3 is 2.38 bits per heavy atom. The molecule has 2 aromatic carbocycles. The number of hydrogen-bond donors (Lipinski definition) is 2. The normalized spacial score (nSPS) is 11.3. The molecule has 6 nitrogen and oxygen atoms in total. The summed E-state index contributed by atoms with van der Waals surface area (Å²) in [5.41, 5.74) is 0.536. The number of carbonyl (C=O) groups is 1. The number of furan rings is 1. The number of hydrogen-bond acceptors (Lipinski definition) is 4. The summed E-state index contributed by atoms with van der Waals surface area (Å²) in [6.45, 7) is 0. The van der Waals surface area contributed by atoms with Crippen LogP contribution in [-0.2, 0) is 10.0 Å². The van der Waals surface area contributed by atoms with Gasteiger partial charge in [0.15, 0.2) is 0 Å². The number of sulfonamides is 1. The molecule has 26 heavy (non-hydrogen) atoms. The van der Waals surface area contributed by atoms with E-state index < -0.39 is 16.0 Å². The van der Waals surface area contributed by atoms with Gasteiger partial charge in [-0.3, -0.25) is 4.72 Å². The maximum Gasteiger partial charge on any atom is 0.371 e. The average Bonchev–Trinajstić information content (AvgIpc) is 3.05. The van der Waals surface area contributed by atoms with Crippen LogP contribution in [0.5, 0.6) is 0 Å². The van der Waals surface area contributed by atoms with Crippen molar-refractivity contribution in [1.82, 2.24) is 0 Å². The second-order valence-corrected chi connectivity index (χ2v) is 8.25. The van der Waals surface area contributed by atoms with E-state index in [4.69, 9.17) is 21.1 Å². The number of aromatic carboxylic acids is 1. The van der Waals surface area contributed by atoms with Gasteiger partial charge in [-0.05, 0) is 54.6 Å². The first kappa shape index (κ1) is 18.5. The third-order valence-electron chi connectivity index (χ3n) is 3.43. The zero-order chi connectivity index (χ0) is 18.9. The number of carboxylic acids is 1. The molecule has 0 aliphatic carbocycles. The lowest BCUT2D eigenvalue weighted by Gasteiger charge is -2.12. The zero-order valence-corrected chi connectivity index (χ0v) is 16.1. The molecule has 0 atom stereocenters. The largest absolute Gasteiger partial charge is 0.475 e. The molecule has 0 radical (unpaired) electrons. The van der Waals surface area contributed by atoms with Gasteiger partial charge in [-0.25, -0.2) is 13.2 Å². The Bertz CT molecular complexity index is 1080. The second kappa shape index (κ2) is 7.14. The molecule has 0 spiro atoms. The summed E-state index contributed by atoms with van der Waals surface area (Å²) in [6, 6.07) is 13.4. The van der Waals surface area contributed by atoms with E-state index in [1.165, 1.54) is 30.3 Å². The van der Waals surface area contributed by atoms with Crippen LogP contribution in [0, 0.1) is 0 Å². The number of benzene rings is 2. The number of rotatable bonds is 5. The van der Waals surface area contributed by atoms with E-state index in [1.54, 1.807) is 24.3 Å². The standard InChI is InChI=1S/C17H11BrClNO5S/c18-10-1-4-12(5-2-10)26(23,24)20-14-9-11(19)3-6-13(14)15-7-8-16(25-15)17(21)22/h1-9,20H,(H,21,22). The Kier molecular flexibility index (Phi) is 5.08. The third-order valence-corrected chi connectivity index (χ3v) is 5.58. The summed E-state index contributed by atoms with van der Waals surface area (Å²) in [7, 11) is -3.87. The van der Waals surface area contributed by atoms with Crippen molar-refractivity contribution < 1.29 is 22.7 Å². The lowest BCUT2D eigenvalue weighted by atomic mass is 10.1. The summed E-state index contributed by atoms with van der Waals surface area (Å²) in [5.74, 6) is -1.27. The van der Waals surface area contributed by atoms with Gasteiger partial charge >= 0.3 is 5.97 Å². The van der Waals surface area contributed by atoms with Gasteiger partial charge < -0.3 is 9.52 Å². The molecule has 3 rings (SSSR count). The van der Waals surface area contributed by atoms with Crippen LogP contribution in [0.4, 0.5) is 5.69 Å². The van der Waals surface area contributed by atoms with Gasteiger partial charge in [0.05, 0.1) is 10.6 Å². The van der Waals surface area contributed by atoms with Crippen LogP contribution in [0.25, 0.3) is 11.3 Å². The summed E-state index contributed by atoms with van der Waals surface area (Å²) in [6.07, 6.45) is 0. The van der Waals surface area contributed by atoms with Crippen molar-refractivity contribution in [3.63, 3.8) is 0 Å². The first-order valence-corrected chi connectivity index (χ1v) is 9.83. The van der Waals surface area contributed by atoms with Crippen molar-refractivity contribution in [3.05, 3.63) is 69.9 Å². The van der Waals surface area contributed by atoms with Gasteiger partial charge in [-0.2, -0.15) is 0 Å². The Morgan fingerprint density at radius 1 is 1.08 bits per heavy atom. The minimum absolute atomic E-state index is 0.0669. The molecule has 0 amide bonds. The molecule has 0 aliphatic rings. The highest BCUT2D eigenvalue weighted by Crippen LogP contribution is 2.33. The fraction of sp³-hybridized carbons (Fsp3) is 0. The molecule has 1 heterocycles. The highest BCUT2D eigenvalue weighted by molar-refractivity contribution is 9.10. The SMILES string of the molecule is O=C(O)c1ccc(-c2ccc(Cl)cc2NS(=O)(=O)c2ccc(Br)cc2)o1. The number of nitrogens with one attached hydrogen (secondary N) is 1. The van der Waals surface area contributed by atoms with Gasteiger partial charge in [0.1, 0.15) is 5.76 Å². The zero-order valence-electron chi connectivity index (χ0n) is 12.9. The maximum atomic E-state index is 12.6. The minimum atomic E-state index is -3.87. The van der Waals surface area contributed by atoms with Crippen molar-refractivity contribution in [2.24, 2.45) is 0 Å². The lowest BCUT2D eigenvalue weighted by Crippen LogP contribution is -2.13. The number of anilines is 1. The molecule has 0 saturated carbocycles. The molecule has 3 aromatic rings. The first-order chi connectivity index (χ1) is 12.3. The average molecular weight is 457 g/mol. The van der Waals surface area contributed by atoms with Crippen LogP contribution < -0.4 is 4.72 Å². The Morgan fingerprint density at radius 2 is 1.77 bits per heavy atom. The van der Waals surface area contributed by atoms with E-state index in [1.807, 2.05) is 0 Å². The Labute approximate surface area is 162 Å². The molecule has 0 unspecified atom stereocenters. The van der Waals surface area contributed by atoms with Crippen molar-refractivity contribution in [3.8, 4) is 11.3 Å². The number of carboxylic acid groups (broad SMARTS) is 1. The van der Waals surface area contributed by atoms with Crippen LogP contribution >= 0.6 is 27.5 Å². The molecule has 2 N–H and O–H groups in total. The van der Waals surface area contributed by atoms with Crippen molar-refractivity contribution in [1.29, 1.82) is 0 Å². The molecule has 0 saturated heterocycles. The molecular formula is C17H11BrClNO5S. The molecule has 9 heteroatoms. The van der Waals surface area contributed by atoms with Gasteiger partial charge in [-0.15, -0.1) is 0 Å². The fourth-order valence-electron chi connectivity index (χ4n) is 2.23. The van der Waals surface area contributed by atoms with Gasteiger partial charge in [-0.1, -0.05) is 27.5 Å². The summed E-state index contributed by atoms with van der Waals surface area (Å²) in [5, 5.41) is 9.30. The van der Waals surface area contributed by atoms with Crippen molar-refractivity contribution in [2.45, 2.75) is 4.90 Å². The second-order valence-electron chi connectivity index (χ2n) is 5.22. The Balaban J connectivity index is 2.03. The smallest absolute Gasteiger partial charge is 0.371 e. The molecular weight excluding hydrogens is 446 g/mol. The van der Waals surface area contributed by atoms with Gasteiger partial charge in [0, 0.05) is 15.1 Å². The van der Waals surface area contributed by atoms with Crippen LogP contribution in [-0.4, -0.2) is 19.5 Å². The molecule has 1 aromatic heterocycles. The topological polar surface area (TPSA) is 96.6 Å². The monoisotopic (exact) mass is 455 g/mol.